The topological polar surface area (TPSA) is 39.6 Å². The molecule has 3 heteroatoms. The van der Waals surface area contributed by atoms with Crippen LogP contribution in [0.3, 0.4) is 0 Å². The van der Waals surface area contributed by atoms with Crippen LogP contribution >= 0.6 is 12.2 Å². The zero-order chi connectivity index (χ0) is 11.0. The molecule has 1 N–H and O–H groups in total. The van der Waals surface area contributed by atoms with Crippen molar-refractivity contribution in [3.05, 3.63) is 39.5 Å². The minimum absolute atomic E-state index is 0.528. The minimum atomic E-state index is 0.528. The molecule has 0 fully saturated rings. The SMILES string of the molecule is Cc1cc2[nH]cc(C#N)c(=S)c2cc1C. The van der Waals surface area contributed by atoms with E-state index in [4.69, 9.17) is 17.5 Å². The number of nitrogens with one attached hydrogen (secondary N) is 1. The molecule has 1 aromatic carbocycles. The van der Waals surface area contributed by atoms with E-state index >= 15 is 0 Å². The van der Waals surface area contributed by atoms with Gasteiger partial charge in [-0.15, -0.1) is 0 Å². The van der Waals surface area contributed by atoms with Crippen LogP contribution in [0.4, 0.5) is 0 Å². The Morgan fingerprint density at radius 2 is 1.93 bits per heavy atom. The molecule has 2 nitrogen and oxygen atoms in total. The molecule has 0 saturated carbocycles. The number of fused-ring (bicyclic) bond motifs is 1. The Hall–Kier alpha value is -1.66. The van der Waals surface area contributed by atoms with E-state index in [-0.39, 0.29) is 0 Å². The van der Waals surface area contributed by atoms with Gasteiger partial charge < -0.3 is 4.98 Å². The third kappa shape index (κ3) is 1.53. The number of hydrogen-bond donors (Lipinski definition) is 1. The summed E-state index contributed by atoms with van der Waals surface area (Å²) in [4.78, 5) is 3.09. The summed E-state index contributed by atoms with van der Waals surface area (Å²) < 4.78 is 0.634. The van der Waals surface area contributed by atoms with Gasteiger partial charge in [0.2, 0.25) is 0 Å². The third-order valence-corrected chi connectivity index (χ3v) is 3.06. The molecule has 0 aliphatic carbocycles. The van der Waals surface area contributed by atoms with E-state index in [0.29, 0.717) is 10.1 Å². The van der Waals surface area contributed by atoms with E-state index in [9.17, 15) is 0 Å². The van der Waals surface area contributed by atoms with Gasteiger partial charge in [0.25, 0.3) is 0 Å². The first-order valence-electron chi connectivity index (χ1n) is 4.66. The van der Waals surface area contributed by atoms with Crippen molar-refractivity contribution >= 4 is 23.1 Å². The second-order valence-electron chi connectivity index (χ2n) is 3.63. The van der Waals surface area contributed by atoms with E-state index in [1.807, 2.05) is 13.0 Å². The molecular weight excluding hydrogens is 204 g/mol. The zero-order valence-electron chi connectivity index (χ0n) is 8.59. The quantitative estimate of drug-likeness (QED) is 0.683. The summed E-state index contributed by atoms with van der Waals surface area (Å²) in [5.41, 5.74) is 3.93. The zero-order valence-corrected chi connectivity index (χ0v) is 9.40. The summed E-state index contributed by atoms with van der Waals surface area (Å²) in [5, 5.41) is 9.82. The van der Waals surface area contributed by atoms with Crippen molar-refractivity contribution in [2.24, 2.45) is 0 Å². The van der Waals surface area contributed by atoms with Gasteiger partial charge in [-0.05, 0) is 37.1 Å². The fourth-order valence-electron chi connectivity index (χ4n) is 1.57. The lowest BCUT2D eigenvalue weighted by molar-refractivity contribution is 1.31. The van der Waals surface area contributed by atoms with E-state index in [1.54, 1.807) is 6.20 Å². The highest BCUT2D eigenvalue weighted by atomic mass is 32.1. The number of nitrogens with zero attached hydrogens (tertiary/aromatic N) is 1. The van der Waals surface area contributed by atoms with Gasteiger partial charge in [-0.25, -0.2) is 0 Å². The second kappa shape index (κ2) is 3.48. The maximum absolute atomic E-state index is 8.87. The Kier molecular flexibility index (Phi) is 2.29. The smallest absolute Gasteiger partial charge is 0.102 e. The summed E-state index contributed by atoms with van der Waals surface area (Å²) >= 11 is 5.25. The van der Waals surface area contributed by atoms with Gasteiger partial charge in [-0.3, -0.25) is 0 Å². The first-order valence-corrected chi connectivity index (χ1v) is 5.07. The second-order valence-corrected chi connectivity index (χ2v) is 4.03. The lowest BCUT2D eigenvalue weighted by atomic mass is 10.1. The van der Waals surface area contributed by atoms with Crippen LogP contribution < -0.4 is 0 Å². The minimum Gasteiger partial charge on any atom is -0.360 e. The molecule has 2 rings (SSSR count). The van der Waals surface area contributed by atoms with Crippen molar-refractivity contribution in [3.8, 4) is 6.07 Å². The Morgan fingerprint density at radius 1 is 1.27 bits per heavy atom. The normalized spacial score (nSPS) is 10.2. The van der Waals surface area contributed by atoms with Gasteiger partial charge in [0.1, 0.15) is 6.07 Å². The fraction of sp³-hybridized carbons (Fsp3) is 0.167. The number of aromatic nitrogens is 1. The summed E-state index contributed by atoms with van der Waals surface area (Å²) in [6, 6.07) is 6.18. The molecule has 0 aliphatic heterocycles. The van der Waals surface area contributed by atoms with E-state index in [2.05, 4.69) is 24.0 Å². The first kappa shape index (κ1) is 9.88. The highest BCUT2D eigenvalue weighted by molar-refractivity contribution is 7.71. The number of hydrogen-bond acceptors (Lipinski definition) is 2. The summed E-state index contributed by atoms with van der Waals surface area (Å²) in [6.45, 7) is 4.10. The fourth-order valence-corrected chi connectivity index (χ4v) is 1.84. The van der Waals surface area contributed by atoms with Crippen LogP contribution in [0.1, 0.15) is 16.7 Å². The van der Waals surface area contributed by atoms with Crippen LogP contribution in [0.25, 0.3) is 10.9 Å². The van der Waals surface area contributed by atoms with Gasteiger partial charge in [0, 0.05) is 17.1 Å². The van der Waals surface area contributed by atoms with Crippen LogP contribution in [-0.2, 0) is 0 Å². The Morgan fingerprint density at radius 3 is 2.60 bits per heavy atom. The highest BCUT2D eigenvalue weighted by Gasteiger charge is 2.03. The van der Waals surface area contributed by atoms with Gasteiger partial charge in [0.05, 0.1) is 10.1 Å². The number of aromatic amines is 1. The largest absolute Gasteiger partial charge is 0.360 e. The van der Waals surface area contributed by atoms with Crippen LogP contribution in [0, 0.1) is 29.7 Å². The molecule has 15 heavy (non-hydrogen) atoms. The molecule has 0 unspecified atom stereocenters. The maximum Gasteiger partial charge on any atom is 0.102 e. The van der Waals surface area contributed by atoms with Crippen molar-refractivity contribution in [2.45, 2.75) is 13.8 Å². The molecule has 0 atom stereocenters. The molecule has 0 aliphatic rings. The average Bonchev–Trinajstić information content (AvgIpc) is 2.22. The summed E-state index contributed by atoms with van der Waals surface area (Å²) in [7, 11) is 0. The van der Waals surface area contributed by atoms with Gasteiger partial charge in [0.15, 0.2) is 0 Å². The van der Waals surface area contributed by atoms with Crippen LogP contribution in [0.2, 0.25) is 0 Å². The highest BCUT2D eigenvalue weighted by Crippen LogP contribution is 2.20. The van der Waals surface area contributed by atoms with Crippen molar-refractivity contribution in [2.75, 3.05) is 0 Å². The van der Waals surface area contributed by atoms with E-state index in [0.717, 1.165) is 10.9 Å². The Labute approximate surface area is 93.2 Å². The molecule has 2 aromatic rings. The average molecular weight is 214 g/mol. The van der Waals surface area contributed by atoms with Crippen molar-refractivity contribution in [1.82, 2.24) is 4.98 Å². The third-order valence-electron chi connectivity index (χ3n) is 2.62. The van der Waals surface area contributed by atoms with Crippen molar-refractivity contribution < 1.29 is 0 Å². The van der Waals surface area contributed by atoms with E-state index < -0.39 is 0 Å². The molecule has 74 valence electrons. The van der Waals surface area contributed by atoms with Crippen LogP contribution in [-0.4, -0.2) is 4.98 Å². The number of rotatable bonds is 0. The number of pyridine rings is 1. The van der Waals surface area contributed by atoms with Crippen molar-refractivity contribution in [3.63, 3.8) is 0 Å². The van der Waals surface area contributed by atoms with Gasteiger partial charge >= 0.3 is 0 Å². The summed E-state index contributed by atoms with van der Waals surface area (Å²) in [5.74, 6) is 0. The molecule has 1 aromatic heterocycles. The monoisotopic (exact) mass is 214 g/mol. The molecule has 0 radical (unpaired) electrons. The first-order chi connectivity index (χ1) is 7.13. The van der Waals surface area contributed by atoms with Crippen LogP contribution in [0.15, 0.2) is 18.3 Å². The number of aryl methyl sites for hydroxylation is 2. The Bertz CT molecular complexity index is 632. The molecule has 1 heterocycles. The molecule has 0 bridgehead atoms. The summed E-state index contributed by atoms with van der Waals surface area (Å²) in [6.07, 6.45) is 1.67. The molecule has 0 amide bonds. The predicted octanol–water partition coefficient (Wildman–Crippen LogP) is 3.39. The molecule has 0 spiro atoms. The van der Waals surface area contributed by atoms with Gasteiger partial charge in [-0.1, -0.05) is 12.2 Å². The van der Waals surface area contributed by atoms with Crippen LogP contribution in [0.5, 0.6) is 0 Å². The number of H-pyrrole nitrogens is 1. The Balaban J connectivity index is 2.96. The van der Waals surface area contributed by atoms with E-state index in [1.165, 1.54) is 11.1 Å². The maximum atomic E-state index is 8.87. The van der Waals surface area contributed by atoms with Crippen molar-refractivity contribution in [1.29, 1.82) is 5.26 Å². The standard InChI is InChI=1S/C12H10N2S/c1-7-3-10-11(4-8(7)2)14-6-9(5-13)12(10)15/h3-4,6H,1-2H3,(H,14,15). The molecular formula is C12H10N2S. The predicted molar refractivity (Wildman–Crippen MR) is 63.3 cm³/mol. The number of benzene rings is 1. The lowest BCUT2D eigenvalue weighted by Gasteiger charge is -2.04. The lowest BCUT2D eigenvalue weighted by Crippen LogP contribution is -1.88. The molecule has 0 saturated heterocycles. The number of nitriles is 1. The van der Waals surface area contributed by atoms with Gasteiger partial charge in [-0.2, -0.15) is 5.26 Å².